The van der Waals surface area contributed by atoms with Gasteiger partial charge < -0.3 is 23.8 Å². The lowest BCUT2D eigenvalue weighted by molar-refractivity contribution is -0.0512. The molecule has 25 heavy (non-hydrogen) atoms. The van der Waals surface area contributed by atoms with E-state index in [1.54, 1.807) is 18.1 Å². The molecule has 1 heterocycles. The Kier molecular flexibility index (Phi) is 7.39. The highest BCUT2D eigenvalue weighted by Gasteiger charge is 2.27. The minimum Gasteiger partial charge on any atom is -0.493 e. The summed E-state index contributed by atoms with van der Waals surface area (Å²) >= 11 is 0. The molecule has 1 aromatic rings. The number of halogens is 2. The first-order chi connectivity index (χ1) is 12.0. The standard InChI is InChI=1S/C17H23F2NO5/c1-22-7-8-24-11-12-5-6-20(10-12)16(21)13-3-4-14(23-2)15(9-13)25-17(18)19/h3-4,9,12,17H,5-8,10-11H2,1-2H3/t12-/m0/s1. The third-order valence-electron chi connectivity index (χ3n) is 3.99. The van der Waals surface area contributed by atoms with Gasteiger partial charge in [-0.1, -0.05) is 0 Å². The van der Waals surface area contributed by atoms with Gasteiger partial charge in [0, 0.05) is 31.7 Å². The van der Waals surface area contributed by atoms with Crippen LogP contribution in [0.5, 0.6) is 11.5 Å². The summed E-state index contributed by atoms with van der Waals surface area (Å²) in [5, 5.41) is 0. The molecule has 1 atom stereocenters. The number of rotatable bonds is 9. The van der Waals surface area contributed by atoms with E-state index < -0.39 is 6.61 Å². The van der Waals surface area contributed by atoms with Gasteiger partial charge in [0.15, 0.2) is 11.5 Å². The summed E-state index contributed by atoms with van der Waals surface area (Å²) in [6.45, 7) is -0.186. The number of methoxy groups -OCH3 is 2. The molecular formula is C17H23F2NO5. The van der Waals surface area contributed by atoms with Crippen LogP contribution in [0, 0.1) is 5.92 Å². The summed E-state index contributed by atoms with van der Waals surface area (Å²) in [6, 6.07) is 4.28. The molecular weight excluding hydrogens is 336 g/mol. The Labute approximate surface area is 145 Å². The summed E-state index contributed by atoms with van der Waals surface area (Å²) in [7, 11) is 2.96. The minimum atomic E-state index is -2.99. The van der Waals surface area contributed by atoms with Gasteiger partial charge in [-0.2, -0.15) is 8.78 Å². The first kappa shape index (κ1) is 19.4. The van der Waals surface area contributed by atoms with Gasteiger partial charge in [-0.15, -0.1) is 0 Å². The zero-order valence-electron chi connectivity index (χ0n) is 14.4. The lowest BCUT2D eigenvalue weighted by Gasteiger charge is -2.18. The normalized spacial score (nSPS) is 17.2. The molecule has 0 radical (unpaired) electrons. The molecule has 2 rings (SSSR count). The van der Waals surface area contributed by atoms with Crippen molar-refractivity contribution in [3.8, 4) is 11.5 Å². The summed E-state index contributed by atoms with van der Waals surface area (Å²) in [5.41, 5.74) is 0.289. The van der Waals surface area contributed by atoms with E-state index in [1.165, 1.54) is 19.2 Å². The van der Waals surface area contributed by atoms with Crippen LogP contribution >= 0.6 is 0 Å². The van der Waals surface area contributed by atoms with Crippen molar-refractivity contribution in [1.82, 2.24) is 4.90 Å². The van der Waals surface area contributed by atoms with E-state index in [9.17, 15) is 13.6 Å². The molecule has 8 heteroatoms. The van der Waals surface area contributed by atoms with E-state index >= 15 is 0 Å². The van der Waals surface area contributed by atoms with Crippen molar-refractivity contribution >= 4 is 5.91 Å². The van der Waals surface area contributed by atoms with Gasteiger partial charge in [0.25, 0.3) is 5.91 Å². The highest BCUT2D eigenvalue weighted by atomic mass is 19.3. The van der Waals surface area contributed by atoms with Crippen LogP contribution in [-0.2, 0) is 9.47 Å². The largest absolute Gasteiger partial charge is 0.493 e. The average Bonchev–Trinajstić information content (AvgIpc) is 3.06. The van der Waals surface area contributed by atoms with Crippen molar-refractivity contribution in [3.05, 3.63) is 23.8 Å². The Balaban J connectivity index is 1.96. The van der Waals surface area contributed by atoms with Gasteiger partial charge in [0.1, 0.15) is 0 Å². The Morgan fingerprint density at radius 3 is 2.76 bits per heavy atom. The first-order valence-electron chi connectivity index (χ1n) is 8.04. The Morgan fingerprint density at radius 2 is 2.08 bits per heavy atom. The summed E-state index contributed by atoms with van der Waals surface area (Å²) in [4.78, 5) is 14.3. The second-order valence-corrected chi connectivity index (χ2v) is 5.72. The molecule has 0 unspecified atom stereocenters. The van der Waals surface area contributed by atoms with E-state index in [0.717, 1.165) is 6.42 Å². The highest BCUT2D eigenvalue weighted by Crippen LogP contribution is 2.30. The van der Waals surface area contributed by atoms with Gasteiger partial charge >= 0.3 is 6.61 Å². The molecule has 0 saturated carbocycles. The number of alkyl halides is 2. The van der Waals surface area contributed by atoms with E-state index in [1.807, 2.05) is 0 Å². The number of carbonyl (C=O) groups excluding carboxylic acids is 1. The van der Waals surface area contributed by atoms with Gasteiger partial charge in [-0.3, -0.25) is 4.79 Å². The molecule has 1 aromatic carbocycles. The SMILES string of the molecule is COCCOC[C@H]1CCN(C(=O)c2ccc(OC)c(OC(F)F)c2)C1. The number of hydrogen-bond acceptors (Lipinski definition) is 5. The van der Waals surface area contributed by atoms with Gasteiger partial charge in [0.05, 0.1) is 26.9 Å². The van der Waals surface area contributed by atoms with Gasteiger partial charge in [0.2, 0.25) is 0 Å². The molecule has 1 saturated heterocycles. The number of amides is 1. The van der Waals surface area contributed by atoms with Crippen molar-refractivity contribution in [2.45, 2.75) is 13.0 Å². The summed E-state index contributed by atoms with van der Waals surface area (Å²) in [5.74, 6) is 0.0432. The quantitative estimate of drug-likeness (QED) is 0.634. The molecule has 0 aromatic heterocycles. The minimum absolute atomic E-state index is 0.151. The van der Waals surface area contributed by atoms with Crippen LogP contribution in [0.4, 0.5) is 8.78 Å². The number of benzene rings is 1. The van der Waals surface area contributed by atoms with Crippen LogP contribution in [0.1, 0.15) is 16.8 Å². The summed E-state index contributed by atoms with van der Waals surface area (Å²) in [6.07, 6.45) is 0.843. The second kappa shape index (κ2) is 9.53. The van der Waals surface area contributed by atoms with Gasteiger partial charge in [-0.05, 0) is 24.6 Å². The molecule has 0 N–H and O–H groups in total. The van der Waals surface area contributed by atoms with Crippen molar-refractivity contribution < 1.29 is 32.5 Å². The first-order valence-corrected chi connectivity index (χ1v) is 8.04. The third kappa shape index (κ3) is 5.54. The third-order valence-corrected chi connectivity index (χ3v) is 3.99. The number of likely N-dealkylation sites (tertiary alicyclic amines) is 1. The molecule has 1 fully saturated rings. The molecule has 0 bridgehead atoms. The summed E-state index contributed by atoms with van der Waals surface area (Å²) < 4.78 is 44.8. The molecule has 1 aliphatic heterocycles. The molecule has 6 nitrogen and oxygen atoms in total. The number of ether oxygens (including phenoxy) is 4. The lowest BCUT2D eigenvalue weighted by atomic mass is 10.1. The van der Waals surface area contributed by atoms with E-state index in [2.05, 4.69) is 4.74 Å². The Morgan fingerprint density at radius 1 is 1.28 bits per heavy atom. The van der Waals surface area contributed by atoms with Crippen LogP contribution < -0.4 is 9.47 Å². The Hall–Kier alpha value is -1.93. The number of carbonyl (C=O) groups is 1. The maximum Gasteiger partial charge on any atom is 0.387 e. The topological polar surface area (TPSA) is 57.2 Å². The average molecular weight is 359 g/mol. The number of nitrogens with zero attached hydrogens (tertiary/aromatic N) is 1. The van der Waals surface area contributed by atoms with Crippen molar-refractivity contribution in [3.63, 3.8) is 0 Å². The molecule has 140 valence electrons. The van der Waals surface area contributed by atoms with Crippen LogP contribution in [0.2, 0.25) is 0 Å². The van der Waals surface area contributed by atoms with Crippen LogP contribution in [0.25, 0.3) is 0 Å². The maximum atomic E-state index is 12.6. The van der Waals surface area contributed by atoms with Gasteiger partial charge in [-0.25, -0.2) is 0 Å². The van der Waals surface area contributed by atoms with Crippen molar-refractivity contribution in [2.24, 2.45) is 5.92 Å². The van der Waals surface area contributed by atoms with Crippen LogP contribution in [0.15, 0.2) is 18.2 Å². The van der Waals surface area contributed by atoms with E-state index in [4.69, 9.17) is 14.2 Å². The zero-order chi connectivity index (χ0) is 18.2. The molecule has 1 amide bonds. The monoisotopic (exact) mass is 359 g/mol. The lowest BCUT2D eigenvalue weighted by Crippen LogP contribution is -2.29. The fourth-order valence-corrected chi connectivity index (χ4v) is 2.73. The molecule has 1 aliphatic rings. The van der Waals surface area contributed by atoms with E-state index in [-0.39, 0.29) is 28.9 Å². The van der Waals surface area contributed by atoms with E-state index in [0.29, 0.717) is 32.9 Å². The Bertz CT molecular complexity index is 570. The zero-order valence-corrected chi connectivity index (χ0v) is 14.4. The highest BCUT2D eigenvalue weighted by molar-refractivity contribution is 5.95. The number of hydrogen-bond donors (Lipinski definition) is 0. The fourth-order valence-electron chi connectivity index (χ4n) is 2.73. The predicted octanol–water partition coefficient (Wildman–Crippen LogP) is 2.42. The maximum absolute atomic E-state index is 12.6. The second-order valence-electron chi connectivity index (χ2n) is 5.72. The fraction of sp³-hybridized carbons (Fsp3) is 0.588. The van der Waals surface area contributed by atoms with Crippen molar-refractivity contribution in [2.75, 3.05) is 47.1 Å². The predicted molar refractivity (Wildman–Crippen MR) is 86.3 cm³/mol. The van der Waals surface area contributed by atoms with Crippen LogP contribution in [-0.4, -0.2) is 64.5 Å². The molecule has 0 spiro atoms. The van der Waals surface area contributed by atoms with Crippen molar-refractivity contribution in [1.29, 1.82) is 0 Å². The molecule has 0 aliphatic carbocycles. The smallest absolute Gasteiger partial charge is 0.387 e. The van der Waals surface area contributed by atoms with Crippen LogP contribution in [0.3, 0.4) is 0 Å².